The van der Waals surface area contributed by atoms with Gasteiger partial charge in [-0.15, -0.1) is 5.10 Å². The third-order valence-corrected chi connectivity index (χ3v) is 3.95. The van der Waals surface area contributed by atoms with Crippen molar-refractivity contribution in [2.45, 2.75) is 39.7 Å². The summed E-state index contributed by atoms with van der Waals surface area (Å²) in [6, 6.07) is 6.58. The van der Waals surface area contributed by atoms with Crippen LogP contribution in [-0.2, 0) is 24.1 Å². The fourth-order valence-electron chi connectivity index (χ4n) is 2.80. The first-order chi connectivity index (χ1) is 10.2. The van der Waals surface area contributed by atoms with Crippen LogP contribution in [0.3, 0.4) is 0 Å². The molecule has 0 bridgehead atoms. The maximum Gasteiger partial charge on any atom is 0.360 e. The van der Waals surface area contributed by atoms with Gasteiger partial charge in [0.05, 0.1) is 18.8 Å². The first-order valence-corrected chi connectivity index (χ1v) is 7.37. The van der Waals surface area contributed by atoms with Crippen LogP contribution in [-0.4, -0.2) is 27.6 Å². The van der Waals surface area contributed by atoms with Crippen LogP contribution in [0.15, 0.2) is 18.2 Å². The number of ether oxygens (including phenoxy) is 1. The van der Waals surface area contributed by atoms with Gasteiger partial charge >= 0.3 is 5.97 Å². The Morgan fingerprint density at radius 1 is 1.33 bits per heavy atom. The highest BCUT2D eigenvalue weighted by molar-refractivity contribution is 5.88. The normalized spacial score (nSPS) is 13.2. The Labute approximate surface area is 123 Å². The number of aryl methyl sites for hydroxylation is 2. The van der Waals surface area contributed by atoms with Crippen molar-refractivity contribution in [1.29, 1.82) is 0 Å². The van der Waals surface area contributed by atoms with Gasteiger partial charge in [0.2, 0.25) is 0 Å². The Balaban J connectivity index is 1.81. The lowest BCUT2D eigenvalue weighted by Gasteiger charge is -2.06. The van der Waals surface area contributed by atoms with Gasteiger partial charge in [-0.3, -0.25) is 0 Å². The van der Waals surface area contributed by atoms with Crippen molar-refractivity contribution in [3.63, 3.8) is 0 Å². The lowest BCUT2D eigenvalue weighted by molar-refractivity contribution is 0.0518. The zero-order valence-corrected chi connectivity index (χ0v) is 12.4. The molecule has 0 aliphatic heterocycles. The summed E-state index contributed by atoms with van der Waals surface area (Å²) in [7, 11) is 0. The molecule has 0 unspecified atom stereocenters. The van der Waals surface area contributed by atoms with Gasteiger partial charge in [0.25, 0.3) is 0 Å². The number of hydrogen-bond acceptors (Lipinski definition) is 4. The Morgan fingerprint density at radius 2 is 2.14 bits per heavy atom. The van der Waals surface area contributed by atoms with Crippen LogP contribution in [0.1, 0.15) is 46.2 Å². The molecule has 110 valence electrons. The van der Waals surface area contributed by atoms with E-state index in [1.54, 1.807) is 11.6 Å². The molecular formula is C16H19N3O2. The van der Waals surface area contributed by atoms with Gasteiger partial charge in [-0.1, -0.05) is 23.4 Å². The predicted molar refractivity (Wildman–Crippen MR) is 78.3 cm³/mol. The first-order valence-electron chi connectivity index (χ1n) is 7.37. The molecule has 1 aliphatic carbocycles. The van der Waals surface area contributed by atoms with E-state index in [9.17, 15) is 4.79 Å². The van der Waals surface area contributed by atoms with E-state index in [1.807, 2.05) is 6.92 Å². The number of rotatable bonds is 4. The fourth-order valence-corrected chi connectivity index (χ4v) is 2.80. The summed E-state index contributed by atoms with van der Waals surface area (Å²) in [5.41, 5.74) is 5.14. The van der Waals surface area contributed by atoms with Crippen molar-refractivity contribution in [1.82, 2.24) is 15.0 Å². The molecule has 21 heavy (non-hydrogen) atoms. The quantitative estimate of drug-likeness (QED) is 0.809. The number of esters is 1. The molecule has 5 nitrogen and oxygen atoms in total. The van der Waals surface area contributed by atoms with Crippen molar-refractivity contribution in [3.05, 3.63) is 46.3 Å². The molecule has 1 aromatic carbocycles. The summed E-state index contributed by atoms with van der Waals surface area (Å²) < 4.78 is 6.73. The van der Waals surface area contributed by atoms with Crippen molar-refractivity contribution < 1.29 is 9.53 Å². The molecule has 1 aliphatic rings. The van der Waals surface area contributed by atoms with Crippen LogP contribution >= 0.6 is 0 Å². The summed E-state index contributed by atoms with van der Waals surface area (Å²) in [5, 5.41) is 8.02. The van der Waals surface area contributed by atoms with Crippen LogP contribution in [0.4, 0.5) is 0 Å². The number of fused-ring (bicyclic) bond motifs is 1. The third kappa shape index (κ3) is 2.68. The monoisotopic (exact) mass is 285 g/mol. The van der Waals surface area contributed by atoms with Gasteiger partial charge < -0.3 is 4.74 Å². The number of benzene rings is 1. The standard InChI is InChI=1S/C16H19N3O2/c1-3-21-16(20)15-11(2)19(18-17-15)10-12-7-8-13-5-4-6-14(13)9-12/h7-9H,3-6,10H2,1-2H3. The molecular weight excluding hydrogens is 266 g/mol. The second-order valence-electron chi connectivity index (χ2n) is 5.36. The van der Waals surface area contributed by atoms with Gasteiger partial charge in [-0.25, -0.2) is 9.48 Å². The average Bonchev–Trinajstić information content (AvgIpc) is 3.06. The van der Waals surface area contributed by atoms with E-state index in [4.69, 9.17) is 4.74 Å². The Bertz CT molecular complexity index is 676. The highest BCUT2D eigenvalue weighted by Crippen LogP contribution is 2.23. The average molecular weight is 285 g/mol. The topological polar surface area (TPSA) is 57.0 Å². The maximum absolute atomic E-state index is 11.7. The van der Waals surface area contributed by atoms with Crippen LogP contribution < -0.4 is 0 Å². The molecule has 3 rings (SSSR count). The van der Waals surface area contributed by atoms with Crippen LogP contribution in [0, 0.1) is 6.92 Å². The van der Waals surface area contributed by atoms with Crippen LogP contribution in [0.2, 0.25) is 0 Å². The lowest BCUT2D eigenvalue weighted by Crippen LogP contribution is -2.09. The number of nitrogens with zero attached hydrogens (tertiary/aromatic N) is 3. The van der Waals surface area contributed by atoms with Gasteiger partial charge in [0.15, 0.2) is 5.69 Å². The van der Waals surface area contributed by atoms with Crippen molar-refractivity contribution in [2.24, 2.45) is 0 Å². The molecule has 0 N–H and O–H groups in total. The predicted octanol–water partition coefficient (Wildman–Crippen LogP) is 2.30. The number of hydrogen-bond donors (Lipinski definition) is 0. The smallest absolute Gasteiger partial charge is 0.360 e. The summed E-state index contributed by atoms with van der Waals surface area (Å²) in [6.07, 6.45) is 3.59. The lowest BCUT2D eigenvalue weighted by atomic mass is 10.1. The first kappa shape index (κ1) is 13.8. The zero-order valence-electron chi connectivity index (χ0n) is 12.4. The summed E-state index contributed by atoms with van der Waals surface area (Å²) in [4.78, 5) is 11.7. The second kappa shape index (κ2) is 5.68. The molecule has 1 aromatic heterocycles. The highest BCUT2D eigenvalue weighted by Gasteiger charge is 2.18. The van der Waals surface area contributed by atoms with E-state index in [2.05, 4.69) is 28.5 Å². The van der Waals surface area contributed by atoms with E-state index < -0.39 is 5.97 Å². The summed E-state index contributed by atoms with van der Waals surface area (Å²) >= 11 is 0. The summed E-state index contributed by atoms with van der Waals surface area (Å²) in [6.45, 7) is 4.60. The van der Waals surface area contributed by atoms with Crippen molar-refractivity contribution in [2.75, 3.05) is 6.61 Å². The van der Waals surface area contributed by atoms with E-state index in [1.165, 1.54) is 29.5 Å². The maximum atomic E-state index is 11.7. The van der Waals surface area contributed by atoms with Crippen LogP contribution in [0.5, 0.6) is 0 Å². The Kier molecular flexibility index (Phi) is 3.73. The Hall–Kier alpha value is -2.17. The molecule has 0 fully saturated rings. The van der Waals surface area contributed by atoms with Crippen LogP contribution in [0.25, 0.3) is 0 Å². The second-order valence-corrected chi connectivity index (χ2v) is 5.36. The minimum absolute atomic E-state index is 0.304. The number of carbonyl (C=O) groups excluding carboxylic acids is 1. The molecule has 0 saturated carbocycles. The molecule has 2 aromatic rings. The molecule has 0 radical (unpaired) electrons. The minimum atomic E-state index is -0.407. The summed E-state index contributed by atoms with van der Waals surface area (Å²) in [5.74, 6) is -0.407. The minimum Gasteiger partial charge on any atom is -0.461 e. The van der Waals surface area contributed by atoms with E-state index >= 15 is 0 Å². The zero-order chi connectivity index (χ0) is 14.8. The molecule has 1 heterocycles. The van der Waals surface area contributed by atoms with Gasteiger partial charge in [0, 0.05) is 0 Å². The fraction of sp³-hybridized carbons (Fsp3) is 0.438. The van der Waals surface area contributed by atoms with Crippen molar-refractivity contribution >= 4 is 5.97 Å². The molecule has 0 atom stereocenters. The van der Waals surface area contributed by atoms with E-state index in [0.29, 0.717) is 18.8 Å². The van der Waals surface area contributed by atoms with Gasteiger partial charge in [-0.05, 0) is 49.8 Å². The Morgan fingerprint density at radius 3 is 2.95 bits per heavy atom. The molecule has 5 heteroatoms. The number of carbonyl (C=O) groups is 1. The van der Waals surface area contributed by atoms with Gasteiger partial charge in [-0.2, -0.15) is 0 Å². The largest absolute Gasteiger partial charge is 0.461 e. The van der Waals surface area contributed by atoms with Crippen molar-refractivity contribution in [3.8, 4) is 0 Å². The third-order valence-electron chi connectivity index (χ3n) is 3.95. The van der Waals surface area contributed by atoms with Gasteiger partial charge in [0.1, 0.15) is 0 Å². The highest BCUT2D eigenvalue weighted by atomic mass is 16.5. The van der Waals surface area contributed by atoms with E-state index in [0.717, 1.165) is 12.1 Å². The number of aromatic nitrogens is 3. The molecule has 0 amide bonds. The van der Waals surface area contributed by atoms with E-state index in [-0.39, 0.29) is 0 Å². The SMILES string of the molecule is CCOC(=O)c1nnn(Cc2ccc3c(c2)CCC3)c1C. The molecule has 0 spiro atoms. The molecule has 0 saturated heterocycles.